The molecule has 2 aromatic carbocycles. The van der Waals surface area contributed by atoms with Crippen LogP contribution in [0.5, 0.6) is 5.75 Å². The molecule has 0 radical (unpaired) electrons. The van der Waals surface area contributed by atoms with Gasteiger partial charge in [0.15, 0.2) is 6.61 Å². The van der Waals surface area contributed by atoms with Crippen LogP contribution in [-0.4, -0.2) is 60.3 Å². The van der Waals surface area contributed by atoms with Crippen LogP contribution in [0.4, 0.5) is 10.5 Å². The Hall–Kier alpha value is -3.83. The minimum absolute atomic E-state index is 0.0944. The molecule has 12 heteroatoms. The van der Waals surface area contributed by atoms with Gasteiger partial charge in [0.2, 0.25) is 5.91 Å². The Labute approximate surface area is 234 Å². The molecule has 0 unspecified atom stereocenters. The number of amides is 3. The van der Waals surface area contributed by atoms with Crippen LogP contribution in [0.3, 0.4) is 0 Å². The lowest BCUT2D eigenvalue weighted by Crippen LogP contribution is -2.36. The number of thioether (sulfide) groups is 1. The number of nitrogens with one attached hydrogen (secondary N) is 1. The van der Waals surface area contributed by atoms with E-state index in [1.807, 2.05) is 6.92 Å². The zero-order valence-electron chi connectivity index (χ0n) is 21.4. The molecule has 0 bridgehead atoms. The third kappa shape index (κ3) is 8.59. The number of hydrogen-bond acceptors (Lipinski definition) is 9. The SMILES string of the molecule is CCCCOC(=O)c1cc(NC(=O)CN2C(=O)S/C(=C\c3ccc(OCC(=O)OCC)cc3)C2=O)ccc1Cl. The van der Waals surface area contributed by atoms with Crippen LogP contribution in [0.15, 0.2) is 47.4 Å². The minimum atomic E-state index is -0.630. The van der Waals surface area contributed by atoms with Crippen LogP contribution in [0.2, 0.25) is 5.02 Å². The van der Waals surface area contributed by atoms with Crippen LogP contribution in [0.25, 0.3) is 6.08 Å². The van der Waals surface area contributed by atoms with Gasteiger partial charge in [0, 0.05) is 5.69 Å². The fraction of sp³-hybridized carbons (Fsp3) is 0.296. The first-order valence-electron chi connectivity index (χ1n) is 12.1. The van der Waals surface area contributed by atoms with Crippen molar-refractivity contribution in [2.45, 2.75) is 26.7 Å². The Bertz CT molecular complexity index is 1280. The normalized spacial score (nSPS) is 13.9. The molecule has 3 rings (SSSR count). The van der Waals surface area contributed by atoms with Gasteiger partial charge in [-0.25, -0.2) is 9.59 Å². The second-order valence-electron chi connectivity index (χ2n) is 8.16. The predicted molar refractivity (Wildman–Crippen MR) is 147 cm³/mol. The molecular weight excluding hydrogens is 548 g/mol. The zero-order valence-corrected chi connectivity index (χ0v) is 22.9. The van der Waals surface area contributed by atoms with Gasteiger partial charge in [-0.15, -0.1) is 0 Å². The smallest absolute Gasteiger partial charge is 0.344 e. The highest BCUT2D eigenvalue weighted by Gasteiger charge is 2.36. The lowest BCUT2D eigenvalue weighted by Gasteiger charge is -2.13. The monoisotopic (exact) mass is 574 g/mol. The van der Waals surface area contributed by atoms with Crippen molar-refractivity contribution in [3.8, 4) is 5.75 Å². The molecule has 1 saturated heterocycles. The van der Waals surface area contributed by atoms with Crippen molar-refractivity contribution in [3.05, 3.63) is 63.5 Å². The minimum Gasteiger partial charge on any atom is -0.482 e. The van der Waals surface area contributed by atoms with Crippen molar-refractivity contribution in [1.82, 2.24) is 4.90 Å². The molecule has 1 heterocycles. The second-order valence-corrected chi connectivity index (χ2v) is 9.56. The zero-order chi connectivity index (χ0) is 28.4. The van der Waals surface area contributed by atoms with Gasteiger partial charge in [-0.3, -0.25) is 19.3 Å². The molecule has 1 N–H and O–H groups in total. The van der Waals surface area contributed by atoms with Gasteiger partial charge in [-0.1, -0.05) is 37.1 Å². The maximum atomic E-state index is 12.8. The highest BCUT2D eigenvalue weighted by Crippen LogP contribution is 2.32. The van der Waals surface area contributed by atoms with Crippen molar-refractivity contribution in [1.29, 1.82) is 0 Å². The number of anilines is 1. The lowest BCUT2D eigenvalue weighted by atomic mass is 10.2. The standard InChI is InChI=1S/C27H27ClN2O8S/c1-3-5-12-37-26(34)20-14-18(8-11-21(20)28)29-23(31)15-30-25(33)22(39-27(30)35)13-17-6-9-19(10-7-17)38-16-24(32)36-4-2/h6-11,13-14H,3-5,12,15-16H2,1-2H3,(H,29,31)/b22-13-. The maximum absolute atomic E-state index is 12.8. The van der Waals surface area contributed by atoms with Crippen molar-refractivity contribution in [3.63, 3.8) is 0 Å². The summed E-state index contributed by atoms with van der Waals surface area (Å²) in [6.07, 6.45) is 3.09. The Morgan fingerprint density at radius 2 is 1.79 bits per heavy atom. The number of ether oxygens (including phenoxy) is 3. The highest BCUT2D eigenvalue weighted by atomic mass is 35.5. The Morgan fingerprint density at radius 1 is 1.05 bits per heavy atom. The summed E-state index contributed by atoms with van der Waals surface area (Å²) in [4.78, 5) is 62.5. The van der Waals surface area contributed by atoms with Crippen LogP contribution in [0, 0.1) is 0 Å². The molecule has 206 valence electrons. The molecule has 10 nitrogen and oxygen atoms in total. The van der Waals surface area contributed by atoms with Crippen LogP contribution in [0.1, 0.15) is 42.6 Å². The van der Waals surface area contributed by atoms with Crippen LogP contribution < -0.4 is 10.1 Å². The van der Waals surface area contributed by atoms with Gasteiger partial charge >= 0.3 is 11.9 Å². The Balaban J connectivity index is 1.59. The summed E-state index contributed by atoms with van der Waals surface area (Å²) < 4.78 is 15.3. The van der Waals surface area contributed by atoms with E-state index >= 15 is 0 Å². The quantitative estimate of drug-likeness (QED) is 0.213. The van der Waals surface area contributed by atoms with Crippen LogP contribution >= 0.6 is 23.4 Å². The lowest BCUT2D eigenvalue weighted by molar-refractivity contribution is -0.145. The second kappa shape index (κ2) is 14.4. The topological polar surface area (TPSA) is 128 Å². The summed E-state index contributed by atoms with van der Waals surface area (Å²) in [5.74, 6) is -1.90. The summed E-state index contributed by atoms with van der Waals surface area (Å²) in [7, 11) is 0. The van der Waals surface area contributed by atoms with E-state index in [0.717, 1.165) is 11.3 Å². The summed E-state index contributed by atoms with van der Waals surface area (Å²) in [6.45, 7) is 3.44. The summed E-state index contributed by atoms with van der Waals surface area (Å²) in [5, 5.41) is 2.15. The molecule has 1 aliphatic heterocycles. The van der Waals surface area contributed by atoms with E-state index in [1.54, 1.807) is 31.2 Å². The summed E-state index contributed by atoms with van der Waals surface area (Å²) in [6, 6.07) is 10.9. The Morgan fingerprint density at radius 3 is 2.49 bits per heavy atom. The highest BCUT2D eigenvalue weighted by molar-refractivity contribution is 8.18. The molecule has 0 spiro atoms. The molecular formula is C27H27ClN2O8S. The molecule has 2 aromatic rings. The third-order valence-corrected chi connectivity index (χ3v) is 6.45. The number of benzene rings is 2. The van der Waals surface area contributed by atoms with E-state index in [1.165, 1.54) is 24.3 Å². The van der Waals surface area contributed by atoms with Gasteiger partial charge in [-0.05, 0) is 67.1 Å². The number of carbonyl (C=O) groups excluding carboxylic acids is 5. The molecule has 0 aromatic heterocycles. The number of nitrogens with zero attached hydrogens (tertiary/aromatic N) is 1. The predicted octanol–water partition coefficient (Wildman–Crippen LogP) is 4.91. The molecule has 0 atom stereocenters. The molecule has 3 amide bonds. The van der Waals surface area contributed by atoms with E-state index < -0.39 is 35.5 Å². The number of hydrogen-bond donors (Lipinski definition) is 1. The van der Waals surface area contributed by atoms with Gasteiger partial charge in [0.25, 0.3) is 11.1 Å². The summed E-state index contributed by atoms with van der Waals surface area (Å²) in [5.41, 5.74) is 0.976. The number of rotatable bonds is 12. The Kier molecular flexibility index (Phi) is 10.9. The first kappa shape index (κ1) is 29.7. The van der Waals surface area contributed by atoms with Crippen molar-refractivity contribution in [2.24, 2.45) is 0 Å². The summed E-state index contributed by atoms with van der Waals surface area (Å²) >= 11 is 6.82. The number of carbonyl (C=O) groups is 5. The number of halogens is 1. The van der Waals surface area contributed by atoms with E-state index in [9.17, 15) is 24.0 Å². The molecule has 0 saturated carbocycles. The molecule has 0 aliphatic carbocycles. The molecule has 1 fully saturated rings. The van der Waals surface area contributed by atoms with E-state index in [4.69, 9.17) is 25.8 Å². The first-order chi connectivity index (χ1) is 18.7. The van der Waals surface area contributed by atoms with E-state index in [0.29, 0.717) is 29.5 Å². The maximum Gasteiger partial charge on any atom is 0.344 e. The van der Waals surface area contributed by atoms with E-state index in [-0.39, 0.29) is 41.0 Å². The third-order valence-electron chi connectivity index (χ3n) is 5.22. The van der Waals surface area contributed by atoms with Gasteiger partial charge in [0.1, 0.15) is 12.3 Å². The molecule has 1 aliphatic rings. The van der Waals surface area contributed by atoms with Gasteiger partial charge in [0.05, 0.1) is 28.7 Å². The van der Waals surface area contributed by atoms with Gasteiger partial charge < -0.3 is 19.5 Å². The average Bonchev–Trinajstić information content (AvgIpc) is 3.16. The number of imide groups is 1. The fourth-order valence-electron chi connectivity index (χ4n) is 3.28. The van der Waals surface area contributed by atoms with E-state index in [2.05, 4.69) is 5.32 Å². The number of esters is 2. The largest absolute Gasteiger partial charge is 0.482 e. The average molecular weight is 575 g/mol. The van der Waals surface area contributed by atoms with Gasteiger partial charge in [-0.2, -0.15) is 0 Å². The first-order valence-corrected chi connectivity index (χ1v) is 13.3. The fourth-order valence-corrected chi connectivity index (χ4v) is 4.32. The van der Waals surface area contributed by atoms with Crippen molar-refractivity contribution >= 4 is 64.1 Å². The number of unbranched alkanes of at least 4 members (excludes halogenated alkanes) is 1. The van der Waals surface area contributed by atoms with Crippen molar-refractivity contribution < 1.29 is 38.2 Å². The molecule has 39 heavy (non-hydrogen) atoms. The van der Waals surface area contributed by atoms with Crippen molar-refractivity contribution in [2.75, 3.05) is 31.7 Å². The van der Waals surface area contributed by atoms with Crippen LogP contribution in [-0.2, 0) is 23.9 Å².